The van der Waals surface area contributed by atoms with Crippen molar-refractivity contribution in [2.45, 2.75) is 19.6 Å². The molecule has 3 rings (SSSR count). The summed E-state index contributed by atoms with van der Waals surface area (Å²) in [5.41, 5.74) is 3.47. The Morgan fingerprint density at radius 3 is 2.50 bits per heavy atom. The molecule has 0 aliphatic heterocycles. The van der Waals surface area contributed by atoms with Crippen LogP contribution in [0.1, 0.15) is 12.5 Å². The zero-order valence-corrected chi connectivity index (χ0v) is 16.7. The normalized spacial score (nSPS) is 14.2. The summed E-state index contributed by atoms with van der Waals surface area (Å²) in [7, 11) is 0. The van der Waals surface area contributed by atoms with Crippen molar-refractivity contribution in [2.75, 3.05) is 0 Å². The Labute approximate surface area is 167 Å². The van der Waals surface area contributed by atoms with Crippen molar-refractivity contribution in [1.29, 1.82) is 0 Å². The van der Waals surface area contributed by atoms with Crippen LogP contribution in [0.4, 0.5) is 0 Å². The van der Waals surface area contributed by atoms with Gasteiger partial charge in [0.1, 0.15) is 11.8 Å². The molecule has 0 aromatic heterocycles. The Balaban J connectivity index is 1.56. The predicted octanol–water partition coefficient (Wildman–Crippen LogP) is 5.22. The van der Waals surface area contributed by atoms with Crippen molar-refractivity contribution in [3.05, 3.63) is 78.4 Å². The van der Waals surface area contributed by atoms with Crippen LogP contribution in [0.2, 0.25) is 0 Å². The molecular weight excluding hydrogens is 401 g/mol. The summed E-state index contributed by atoms with van der Waals surface area (Å²) in [5.74, 6) is -0.586. The Kier molecular flexibility index (Phi) is 6.70. The third-order valence-electron chi connectivity index (χ3n) is 3.85. The number of hydroxylamine groups is 1. The minimum Gasteiger partial charge on any atom is -0.404 e. The fourth-order valence-electron chi connectivity index (χ4n) is 2.47. The van der Waals surface area contributed by atoms with Crippen molar-refractivity contribution in [3.63, 3.8) is 0 Å². The van der Waals surface area contributed by atoms with E-state index in [9.17, 15) is 9.36 Å². The van der Waals surface area contributed by atoms with E-state index in [4.69, 9.17) is 25.1 Å². The van der Waals surface area contributed by atoms with Crippen molar-refractivity contribution in [2.24, 2.45) is 0 Å². The minimum absolute atomic E-state index is 0.253. The van der Waals surface area contributed by atoms with E-state index in [1.54, 1.807) is 18.2 Å². The second kappa shape index (κ2) is 9.22. The van der Waals surface area contributed by atoms with Gasteiger partial charge in [-0.25, -0.2) is 9.36 Å². The minimum atomic E-state index is -4.19. The average Bonchev–Trinajstić information content (AvgIpc) is 2.68. The third kappa shape index (κ3) is 5.57. The smallest absolute Gasteiger partial charge is 0.404 e. The van der Waals surface area contributed by atoms with Gasteiger partial charge in [0, 0.05) is 16.6 Å². The maximum atomic E-state index is 12.5. The van der Waals surface area contributed by atoms with E-state index in [0.717, 1.165) is 10.9 Å². The first-order valence-corrected chi connectivity index (χ1v) is 11.0. The first-order valence-electron chi connectivity index (χ1n) is 8.56. The third-order valence-corrected chi connectivity index (χ3v) is 5.08. The first kappa shape index (κ1) is 20.4. The molecule has 0 bridgehead atoms. The van der Waals surface area contributed by atoms with E-state index in [0.29, 0.717) is 5.39 Å². The van der Waals surface area contributed by atoms with E-state index in [1.807, 2.05) is 54.6 Å². The Morgan fingerprint density at radius 2 is 1.71 bits per heavy atom. The van der Waals surface area contributed by atoms with Crippen LogP contribution in [0.5, 0.6) is 5.75 Å². The summed E-state index contributed by atoms with van der Waals surface area (Å²) >= 11 is 5.86. The molecular formula is C20H19ClNO5P. The standard InChI is InChI=1S/C20H19ClNO5P/c1-15(22-25-14-16-8-3-2-4-9-16)20(23)27-28(21,24)26-19-13-7-11-17-10-5-6-12-18(17)19/h2-13,15,22H,14H2,1H3. The quantitative estimate of drug-likeness (QED) is 0.398. The number of rotatable bonds is 8. The predicted molar refractivity (Wildman–Crippen MR) is 108 cm³/mol. The Morgan fingerprint density at radius 1 is 1.04 bits per heavy atom. The van der Waals surface area contributed by atoms with Crippen LogP contribution >= 0.6 is 18.2 Å². The molecule has 3 aromatic rings. The van der Waals surface area contributed by atoms with Gasteiger partial charge in [0.25, 0.3) is 0 Å². The van der Waals surface area contributed by atoms with Gasteiger partial charge in [-0.15, -0.1) is 0 Å². The van der Waals surface area contributed by atoms with Gasteiger partial charge in [-0.3, -0.25) is 4.84 Å². The number of hydrogen-bond acceptors (Lipinski definition) is 6. The van der Waals surface area contributed by atoms with Gasteiger partial charge in [-0.1, -0.05) is 66.7 Å². The maximum Gasteiger partial charge on any atom is 0.532 e. The number of carbonyl (C=O) groups excluding carboxylic acids is 1. The number of benzene rings is 3. The number of fused-ring (bicyclic) bond motifs is 1. The molecule has 2 unspecified atom stereocenters. The summed E-state index contributed by atoms with van der Waals surface area (Å²) in [6.07, 6.45) is 0. The SMILES string of the molecule is CC(NOCc1ccccc1)C(=O)OP(=O)(Cl)Oc1cccc2ccccc12. The molecule has 0 fully saturated rings. The first-order chi connectivity index (χ1) is 13.4. The molecule has 0 aliphatic carbocycles. The van der Waals surface area contributed by atoms with Gasteiger partial charge in [0.15, 0.2) is 0 Å². The summed E-state index contributed by atoms with van der Waals surface area (Å²) < 4.78 is 22.7. The number of carbonyl (C=O) groups is 1. The fraction of sp³-hybridized carbons (Fsp3) is 0.150. The molecule has 0 saturated heterocycles. The molecule has 0 heterocycles. The van der Waals surface area contributed by atoms with Crippen LogP contribution in [0.25, 0.3) is 10.8 Å². The van der Waals surface area contributed by atoms with Crippen molar-refractivity contribution < 1.29 is 23.2 Å². The van der Waals surface area contributed by atoms with Crippen LogP contribution in [-0.4, -0.2) is 12.0 Å². The molecule has 1 N–H and O–H groups in total. The molecule has 2 atom stereocenters. The average molecular weight is 420 g/mol. The van der Waals surface area contributed by atoms with Gasteiger partial charge < -0.3 is 9.05 Å². The number of nitrogens with one attached hydrogen (secondary N) is 1. The second-order valence-corrected chi connectivity index (χ2v) is 8.49. The monoisotopic (exact) mass is 419 g/mol. The van der Waals surface area contributed by atoms with Gasteiger partial charge in [-0.2, -0.15) is 5.48 Å². The highest BCUT2D eigenvalue weighted by atomic mass is 35.7. The zero-order chi connectivity index (χ0) is 20.0. The van der Waals surface area contributed by atoms with E-state index >= 15 is 0 Å². The van der Waals surface area contributed by atoms with E-state index in [1.165, 1.54) is 6.92 Å². The van der Waals surface area contributed by atoms with Crippen LogP contribution in [0.15, 0.2) is 72.8 Å². The van der Waals surface area contributed by atoms with E-state index in [2.05, 4.69) is 5.48 Å². The molecule has 0 spiro atoms. The highest BCUT2D eigenvalue weighted by Crippen LogP contribution is 2.54. The lowest BCUT2D eigenvalue weighted by Gasteiger charge is -2.17. The Hall–Kier alpha value is -2.37. The largest absolute Gasteiger partial charge is 0.532 e. The summed E-state index contributed by atoms with van der Waals surface area (Å²) in [4.78, 5) is 17.4. The van der Waals surface area contributed by atoms with Crippen LogP contribution in [0, 0.1) is 0 Å². The highest BCUT2D eigenvalue weighted by Gasteiger charge is 2.31. The topological polar surface area (TPSA) is 73.9 Å². The van der Waals surface area contributed by atoms with Crippen molar-refractivity contribution in [3.8, 4) is 5.75 Å². The molecule has 3 aromatic carbocycles. The summed E-state index contributed by atoms with van der Waals surface area (Å²) in [5, 5.41) is 1.59. The zero-order valence-electron chi connectivity index (χ0n) is 15.1. The lowest BCUT2D eigenvalue weighted by atomic mass is 10.1. The van der Waals surface area contributed by atoms with Gasteiger partial charge in [-0.05, 0) is 23.9 Å². The van der Waals surface area contributed by atoms with Crippen LogP contribution in [-0.2, 0) is 25.3 Å². The Bertz CT molecular complexity index is 993. The van der Waals surface area contributed by atoms with Gasteiger partial charge in [0.05, 0.1) is 6.61 Å². The summed E-state index contributed by atoms with van der Waals surface area (Å²) in [6, 6.07) is 21.1. The lowest BCUT2D eigenvalue weighted by molar-refractivity contribution is -0.141. The highest BCUT2D eigenvalue weighted by molar-refractivity contribution is 7.82. The van der Waals surface area contributed by atoms with Crippen molar-refractivity contribution >= 4 is 34.9 Å². The number of halogens is 1. The van der Waals surface area contributed by atoms with Crippen molar-refractivity contribution in [1.82, 2.24) is 5.48 Å². The molecule has 146 valence electrons. The maximum absolute atomic E-state index is 12.5. The molecule has 0 aliphatic rings. The summed E-state index contributed by atoms with van der Waals surface area (Å²) in [6.45, 7) is -2.44. The molecule has 28 heavy (non-hydrogen) atoms. The van der Waals surface area contributed by atoms with E-state index in [-0.39, 0.29) is 12.4 Å². The number of hydrogen-bond donors (Lipinski definition) is 1. The fourth-order valence-corrected chi connectivity index (χ4v) is 3.70. The molecule has 0 saturated carbocycles. The van der Waals surface area contributed by atoms with Crippen LogP contribution in [0.3, 0.4) is 0 Å². The second-order valence-electron chi connectivity index (χ2n) is 6.02. The lowest BCUT2D eigenvalue weighted by Crippen LogP contribution is -2.34. The molecule has 6 nitrogen and oxygen atoms in total. The van der Waals surface area contributed by atoms with Gasteiger partial charge >= 0.3 is 12.9 Å². The molecule has 0 amide bonds. The molecule has 0 radical (unpaired) electrons. The van der Waals surface area contributed by atoms with Crippen LogP contribution < -0.4 is 10.0 Å². The molecule has 8 heteroatoms. The van der Waals surface area contributed by atoms with E-state index < -0.39 is 19.0 Å². The van der Waals surface area contributed by atoms with Gasteiger partial charge in [0.2, 0.25) is 0 Å².